The van der Waals surface area contributed by atoms with E-state index in [1.165, 1.54) is 0 Å². The minimum atomic E-state index is -1.21. The Kier molecular flexibility index (Phi) is 4.63. The van der Waals surface area contributed by atoms with Crippen molar-refractivity contribution in [3.8, 4) is 0 Å². The van der Waals surface area contributed by atoms with Crippen molar-refractivity contribution in [2.45, 2.75) is 13.2 Å². The molecule has 0 aliphatic heterocycles. The van der Waals surface area contributed by atoms with Crippen LogP contribution in [0.25, 0.3) is 0 Å². The van der Waals surface area contributed by atoms with Crippen molar-refractivity contribution >= 4 is 5.69 Å². The van der Waals surface area contributed by atoms with E-state index in [1.54, 1.807) is 7.11 Å². The molecule has 0 saturated carbocycles. The molecule has 0 amide bonds. The Morgan fingerprint density at radius 2 is 1.65 bits per heavy atom. The van der Waals surface area contributed by atoms with Gasteiger partial charge >= 0.3 is 0 Å². The Morgan fingerprint density at radius 1 is 1.00 bits per heavy atom. The summed E-state index contributed by atoms with van der Waals surface area (Å²) in [6, 6.07) is 8.88. The molecule has 1 N–H and O–H groups in total. The molecular weight excluding hydrogens is 267 g/mol. The van der Waals surface area contributed by atoms with Gasteiger partial charge in [-0.15, -0.1) is 0 Å². The van der Waals surface area contributed by atoms with Crippen LogP contribution in [-0.2, 0) is 17.9 Å². The Balaban J connectivity index is 2.05. The summed E-state index contributed by atoms with van der Waals surface area (Å²) in [7, 11) is 1.61. The molecule has 0 spiro atoms. The zero-order valence-electron chi connectivity index (χ0n) is 10.9. The first-order valence-corrected chi connectivity index (χ1v) is 6.05. The van der Waals surface area contributed by atoms with Crippen molar-refractivity contribution in [1.29, 1.82) is 0 Å². The zero-order valence-corrected chi connectivity index (χ0v) is 10.9. The Morgan fingerprint density at radius 3 is 2.30 bits per heavy atom. The number of benzene rings is 2. The molecule has 0 fully saturated rings. The third-order valence-electron chi connectivity index (χ3n) is 2.81. The van der Waals surface area contributed by atoms with Crippen molar-refractivity contribution in [2.24, 2.45) is 0 Å². The molecule has 106 valence electrons. The van der Waals surface area contributed by atoms with Gasteiger partial charge in [0.05, 0.1) is 12.3 Å². The van der Waals surface area contributed by atoms with Crippen LogP contribution in [0.4, 0.5) is 18.9 Å². The second-order valence-corrected chi connectivity index (χ2v) is 4.35. The minimum Gasteiger partial charge on any atom is -0.380 e. The second kappa shape index (κ2) is 6.43. The molecule has 2 aromatic rings. The largest absolute Gasteiger partial charge is 0.380 e. The maximum absolute atomic E-state index is 13.4. The lowest BCUT2D eigenvalue weighted by Gasteiger charge is -2.09. The highest BCUT2D eigenvalue weighted by Gasteiger charge is 2.10. The number of ether oxygens (including phenoxy) is 1. The van der Waals surface area contributed by atoms with Crippen LogP contribution in [0.3, 0.4) is 0 Å². The van der Waals surface area contributed by atoms with Crippen molar-refractivity contribution < 1.29 is 17.9 Å². The van der Waals surface area contributed by atoms with E-state index in [0.717, 1.165) is 17.2 Å². The molecule has 0 aromatic heterocycles. The minimum absolute atomic E-state index is 0.191. The third-order valence-corrected chi connectivity index (χ3v) is 2.81. The summed E-state index contributed by atoms with van der Waals surface area (Å²) in [4.78, 5) is 0. The molecule has 0 aliphatic carbocycles. The number of nitrogens with one attached hydrogen (secondary N) is 1. The quantitative estimate of drug-likeness (QED) is 0.840. The molecule has 5 heteroatoms. The topological polar surface area (TPSA) is 21.3 Å². The maximum Gasteiger partial charge on any atom is 0.182 e. The van der Waals surface area contributed by atoms with Gasteiger partial charge in [-0.05, 0) is 11.1 Å². The third kappa shape index (κ3) is 3.51. The van der Waals surface area contributed by atoms with E-state index in [-0.39, 0.29) is 12.2 Å². The molecule has 2 aromatic carbocycles. The van der Waals surface area contributed by atoms with Gasteiger partial charge in [-0.2, -0.15) is 0 Å². The van der Waals surface area contributed by atoms with Crippen molar-refractivity contribution in [2.75, 3.05) is 12.4 Å². The van der Waals surface area contributed by atoms with Crippen LogP contribution >= 0.6 is 0 Å². The first-order valence-electron chi connectivity index (χ1n) is 6.05. The van der Waals surface area contributed by atoms with Crippen molar-refractivity contribution in [1.82, 2.24) is 0 Å². The average Bonchev–Trinajstić information content (AvgIpc) is 2.43. The summed E-state index contributed by atoms with van der Waals surface area (Å²) in [5, 5.41) is 2.68. The lowest BCUT2D eigenvalue weighted by Crippen LogP contribution is -2.03. The maximum atomic E-state index is 13.4. The molecule has 2 nitrogen and oxygen atoms in total. The summed E-state index contributed by atoms with van der Waals surface area (Å²) >= 11 is 0. The Labute approximate surface area is 115 Å². The first-order chi connectivity index (χ1) is 9.60. The van der Waals surface area contributed by atoms with E-state index in [9.17, 15) is 13.2 Å². The van der Waals surface area contributed by atoms with Crippen LogP contribution in [0.15, 0.2) is 36.4 Å². The molecule has 0 unspecified atom stereocenters. The number of halogens is 3. The molecule has 2 rings (SSSR count). The fourth-order valence-corrected chi connectivity index (χ4v) is 1.80. The SMILES string of the molecule is COCc1ccc(CNc2cc(F)cc(F)c2F)cc1. The van der Waals surface area contributed by atoms with Crippen LogP contribution in [0.5, 0.6) is 0 Å². The van der Waals surface area contributed by atoms with E-state index in [4.69, 9.17) is 4.74 Å². The molecule has 20 heavy (non-hydrogen) atoms. The number of methoxy groups -OCH3 is 1. The molecule has 0 radical (unpaired) electrons. The second-order valence-electron chi connectivity index (χ2n) is 4.35. The van der Waals surface area contributed by atoms with E-state index in [0.29, 0.717) is 12.7 Å². The highest BCUT2D eigenvalue weighted by atomic mass is 19.2. The summed E-state index contributed by atoms with van der Waals surface area (Å²) in [6.45, 7) is 0.782. The first kappa shape index (κ1) is 14.4. The van der Waals surface area contributed by atoms with Gasteiger partial charge in [0.2, 0.25) is 0 Å². The predicted molar refractivity (Wildman–Crippen MR) is 70.8 cm³/mol. The van der Waals surface area contributed by atoms with Crippen LogP contribution < -0.4 is 5.32 Å². The van der Waals surface area contributed by atoms with Gasteiger partial charge in [0.25, 0.3) is 0 Å². The number of anilines is 1. The summed E-state index contributed by atoms with van der Waals surface area (Å²) in [5.41, 5.74) is 1.69. The van der Waals surface area contributed by atoms with Crippen molar-refractivity contribution in [3.05, 3.63) is 65.0 Å². The van der Waals surface area contributed by atoms with Gasteiger partial charge in [-0.25, -0.2) is 13.2 Å². The van der Waals surface area contributed by atoms with Crippen LogP contribution in [0, 0.1) is 17.5 Å². The van der Waals surface area contributed by atoms with Crippen molar-refractivity contribution in [3.63, 3.8) is 0 Å². The molecule has 0 saturated heterocycles. The normalized spacial score (nSPS) is 10.6. The standard InChI is InChI=1S/C15H14F3NO/c1-20-9-11-4-2-10(3-5-11)8-19-14-7-12(16)6-13(17)15(14)18/h2-7,19H,8-9H2,1H3. The lowest BCUT2D eigenvalue weighted by atomic mass is 10.1. The van der Waals surface area contributed by atoms with E-state index in [2.05, 4.69) is 5.32 Å². The van der Waals surface area contributed by atoms with E-state index in [1.807, 2.05) is 24.3 Å². The van der Waals surface area contributed by atoms with Gasteiger partial charge < -0.3 is 10.1 Å². The van der Waals surface area contributed by atoms with Crippen LogP contribution in [0.1, 0.15) is 11.1 Å². The fraction of sp³-hybridized carbons (Fsp3) is 0.200. The van der Waals surface area contributed by atoms with Crippen LogP contribution in [-0.4, -0.2) is 7.11 Å². The van der Waals surface area contributed by atoms with Gasteiger partial charge in [-0.3, -0.25) is 0 Å². The summed E-state index contributed by atoms with van der Waals surface area (Å²) in [6.07, 6.45) is 0. The van der Waals surface area contributed by atoms with E-state index >= 15 is 0 Å². The molecular formula is C15H14F3NO. The smallest absolute Gasteiger partial charge is 0.182 e. The number of hydrogen-bond donors (Lipinski definition) is 1. The van der Waals surface area contributed by atoms with Gasteiger partial charge in [0.15, 0.2) is 11.6 Å². The molecule has 0 heterocycles. The molecule has 0 aliphatic rings. The Bertz CT molecular complexity index is 584. The predicted octanol–water partition coefficient (Wildman–Crippen LogP) is 3.86. The zero-order chi connectivity index (χ0) is 14.5. The highest BCUT2D eigenvalue weighted by molar-refractivity contribution is 5.46. The molecule has 0 atom stereocenters. The van der Waals surface area contributed by atoms with Gasteiger partial charge in [-0.1, -0.05) is 24.3 Å². The van der Waals surface area contributed by atoms with Crippen LogP contribution in [0.2, 0.25) is 0 Å². The fourth-order valence-electron chi connectivity index (χ4n) is 1.80. The Hall–Kier alpha value is -2.01. The summed E-state index contributed by atoms with van der Waals surface area (Å²) in [5.74, 6) is -3.10. The van der Waals surface area contributed by atoms with Gasteiger partial charge in [0, 0.05) is 25.8 Å². The number of hydrogen-bond acceptors (Lipinski definition) is 2. The van der Waals surface area contributed by atoms with E-state index < -0.39 is 17.5 Å². The highest BCUT2D eigenvalue weighted by Crippen LogP contribution is 2.20. The van der Waals surface area contributed by atoms with Gasteiger partial charge in [0.1, 0.15) is 5.82 Å². The number of rotatable bonds is 5. The monoisotopic (exact) mass is 281 g/mol. The molecule has 0 bridgehead atoms. The average molecular weight is 281 g/mol. The summed E-state index contributed by atoms with van der Waals surface area (Å²) < 4.78 is 44.5. The lowest BCUT2D eigenvalue weighted by molar-refractivity contribution is 0.185.